The molecule has 1 saturated carbocycles. The predicted octanol–water partition coefficient (Wildman–Crippen LogP) is 1.19. The van der Waals surface area contributed by atoms with Crippen LogP contribution >= 0.6 is 15.9 Å². The molecule has 0 unspecified atom stereocenters. The lowest BCUT2D eigenvalue weighted by atomic mass is 10.3. The van der Waals surface area contributed by atoms with Crippen LogP contribution in [-0.2, 0) is 13.0 Å². The van der Waals surface area contributed by atoms with Gasteiger partial charge in [0.25, 0.3) is 5.56 Å². The number of hydrogen-bond acceptors (Lipinski definition) is 5. The van der Waals surface area contributed by atoms with Crippen molar-refractivity contribution in [2.75, 3.05) is 11.9 Å². The smallest absolute Gasteiger partial charge is 0.283 e. The molecule has 0 amide bonds. The quantitative estimate of drug-likeness (QED) is 0.825. The summed E-state index contributed by atoms with van der Waals surface area (Å²) in [6, 6.07) is 0. The van der Waals surface area contributed by atoms with Gasteiger partial charge < -0.3 is 5.32 Å². The van der Waals surface area contributed by atoms with Crippen LogP contribution in [0.2, 0.25) is 0 Å². The first-order valence-electron chi connectivity index (χ1n) is 6.58. The van der Waals surface area contributed by atoms with Crippen molar-refractivity contribution in [1.82, 2.24) is 25.0 Å². The molecule has 8 heteroatoms. The zero-order valence-electron chi connectivity index (χ0n) is 10.8. The lowest BCUT2D eigenvalue weighted by molar-refractivity contribution is 0.532. The van der Waals surface area contributed by atoms with E-state index in [1.54, 1.807) is 6.20 Å². The first-order chi connectivity index (χ1) is 9.74. The van der Waals surface area contributed by atoms with Gasteiger partial charge in [-0.15, -0.1) is 0 Å². The zero-order valence-corrected chi connectivity index (χ0v) is 12.4. The summed E-state index contributed by atoms with van der Waals surface area (Å²) in [5, 5.41) is 14.0. The average molecular weight is 339 g/mol. The average Bonchev–Trinajstić information content (AvgIpc) is 3.11. The molecule has 0 spiro atoms. The Morgan fingerprint density at radius 3 is 3.05 bits per heavy atom. The van der Waals surface area contributed by atoms with Crippen LogP contribution in [0.5, 0.6) is 0 Å². The van der Waals surface area contributed by atoms with Crippen molar-refractivity contribution < 1.29 is 0 Å². The highest BCUT2D eigenvalue weighted by atomic mass is 79.9. The van der Waals surface area contributed by atoms with Crippen molar-refractivity contribution in [2.24, 2.45) is 5.92 Å². The third-order valence-corrected chi connectivity index (χ3v) is 4.02. The van der Waals surface area contributed by atoms with E-state index in [-0.39, 0.29) is 5.56 Å². The number of rotatable bonds is 6. The molecular weight excluding hydrogens is 324 g/mol. The van der Waals surface area contributed by atoms with E-state index >= 15 is 0 Å². The predicted molar refractivity (Wildman–Crippen MR) is 77.5 cm³/mol. The molecule has 0 atom stereocenters. The Balaban J connectivity index is 1.64. The Hall–Kier alpha value is -1.70. The number of nitrogens with zero attached hydrogens (tertiary/aromatic N) is 4. The largest absolute Gasteiger partial charge is 0.382 e. The van der Waals surface area contributed by atoms with Crippen molar-refractivity contribution in [1.29, 1.82) is 0 Å². The second-order valence-corrected chi connectivity index (χ2v) is 5.70. The molecule has 0 aromatic carbocycles. The van der Waals surface area contributed by atoms with Gasteiger partial charge in [0.15, 0.2) is 0 Å². The van der Waals surface area contributed by atoms with Crippen molar-refractivity contribution >= 4 is 21.6 Å². The van der Waals surface area contributed by atoms with Gasteiger partial charge in [-0.1, -0.05) is 0 Å². The normalized spacial score (nSPS) is 14.4. The molecule has 1 aliphatic carbocycles. The first kappa shape index (κ1) is 13.3. The van der Waals surface area contributed by atoms with Gasteiger partial charge >= 0.3 is 0 Å². The molecule has 20 heavy (non-hydrogen) atoms. The maximum atomic E-state index is 12.1. The van der Waals surface area contributed by atoms with Gasteiger partial charge in [0.05, 0.1) is 11.9 Å². The third kappa shape index (κ3) is 3.06. The van der Waals surface area contributed by atoms with Gasteiger partial charge in [0.1, 0.15) is 16.6 Å². The number of anilines is 1. The minimum atomic E-state index is -0.0819. The van der Waals surface area contributed by atoms with Crippen LogP contribution in [0, 0.1) is 5.92 Å². The van der Waals surface area contributed by atoms with Crippen LogP contribution in [-0.4, -0.2) is 31.5 Å². The van der Waals surface area contributed by atoms with Crippen LogP contribution in [0.1, 0.15) is 18.7 Å². The first-order valence-corrected chi connectivity index (χ1v) is 7.37. The van der Waals surface area contributed by atoms with Gasteiger partial charge in [0.2, 0.25) is 0 Å². The summed E-state index contributed by atoms with van der Waals surface area (Å²) >= 11 is 3.35. The lowest BCUT2D eigenvalue weighted by Crippen LogP contribution is -2.25. The van der Waals surface area contributed by atoms with Crippen LogP contribution in [0.4, 0.5) is 5.69 Å². The van der Waals surface area contributed by atoms with E-state index < -0.39 is 0 Å². The standard InChI is InChI=1S/C12H15BrN6O/c13-11-9(14-4-3-10-15-7-16-18-10)5-17-19(12(11)20)6-8-1-2-8/h5,7-8,14H,1-4,6H2,(H,15,16,18). The molecule has 1 aliphatic rings. The lowest BCUT2D eigenvalue weighted by Gasteiger charge is -2.09. The molecular formula is C12H15BrN6O. The Morgan fingerprint density at radius 1 is 1.50 bits per heavy atom. The van der Waals surface area contributed by atoms with E-state index in [0.717, 1.165) is 12.4 Å². The van der Waals surface area contributed by atoms with E-state index in [0.29, 0.717) is 29.0 Å². The summed E-state index contributed by atoms with van der Waals surface area (Å²) in [6.45, 7) is 1.37. The molecule has 2 aromatic heterocycles. The van der Waals surface area contributed by atoms with Crippen molar-refractivity contribution in [3.8, 4) is 0 Å². The Morgan fingerprint density at radius 2 is 2.35 bits per heavy atom. The Labute approximate surface area is 123 Å². The van der Waals surface area contributed by atoms with Crippen molar-refractivity contribution in [3.05, 3.63) is 33.2 Å². The Kier molecular flexibility index (Phi) is 3.81. The summed E-state index contributed by atoms with van der Waals surface area (Å²) in [5.74, 6) is 1.43. The van der Waals surface area contributed by atoms with Crippen LogP contribution < -0.4 is 10.9 Å². The second-order valence-electron chi connectivity index (χ2n) is 4.91. The molecule has 2 aromatic rings. The van der Waals surface area contributed by atoms with E-state index in [9.17, 15) is 4.79 Å². The highest BCUT2D eigenvalue weighted by molar-refractivity contribution is 9.10. The summed E-state index contributed by atoms with van der Waals surface area (Å²) in [4.78, 5) is 16.2. The molecule has 2 heterocycles. The molecule has 0 radical (unpaired) electrons. The number of hydrogen-bond donors (Lipinski definition) is 2. The molecule has 7 nitrogen and oxygen atoms in total. The highest BCUT2D eigenvalue weighted by Crippen LogP contribution is 2.30. The number of aromatic amines is 1. The van der Waals surface area contributed by atoms with E-state index in [2.05, 4.69) is 41.5 Å². The van der Waals surface area contributed by atoms with E-state index in [1.807, 2.05) is 0 Å². The fourth-order valence-electron chi connectivity index (χ4n) is 1.93. The van der Waals surface area contributed by atoms with E-state index in [4.69, 9.17) is 0 Å². The molecule has 1 fully saturated rings. The monoisotopic (exact) mass is 338 g/mol. The summed E-state index contributed by atoms with van der Waals surface area (Å²) in [5.41, 5.74) is 0.628. The summed E-state index contributed by atoms with van der Waals surface area (Å²) in [7, 11) is 0. The fraction of sp³-hybridized carbons (Fsp3) is 0.500. The third-order valence-electron chi connectivity index (χ3n) is 3.26. The van der Waals surface area contributed by atoms with Gasteiger partial charge in [-0.3, -0.25) is 9.89 Å². The van der Waals surface area contributed by atoms with Crippen LogP contribution in [0.25, 0.3) is 0 Å². The molecule has 0 aliphatic heterocycles. The maximum Gasteiger partial charge on any atom is 0.283 e. The second kappa shape index (κ2) is 5.74. The van der Waals surface area contributed by atoms with Crippen LogP contribution in [0.3, 0.4) is 0 Å². The zero-order chi connectivity index (χ0) is 13.9. The topological polar surface area (TPSA) is 88.5 Å². The van der Waals surface area contributed by atoms with E-state index in [1.165, 1.54) is 23.9 Å². The molecule has 0 saturated heterocycles. The minimum absolute atomic E-state index is 0.0819. The SMILES string of the molecule is O=c1c(Br)c(NCCc2ncn[nH]2)cnn1CC1CC1. The molecule has 3 rings (SSSR count). The fourth-order valence-corrected chi connectivity index (χ4v) is 2.38. The van der Waals surface area contributed by atoms with Gasteiger partial charge in [-0.25, -0.2) is 9.67 Å². The van der Waals surface area contributed by atoms with Crippen LogP contribution in [0.15, 0.2) is 21.8 Å². The van der Waals surface area contributed by atoms with Crippen molar-refractivity contribution in [2.45, 2.75) is 25.8 Å². The number of nitrogens with one attached hydrogen (secondary N) is 2. The summed E-state index contributed by atoms with van der Waals surface area (Å²) < 4.78 is 2.06. The van der Waals surface area contributed by atoms with Crippen molar-refractivity contribution in [3.63, 3.8) is 0 Å². The van der Waals surface area contributed by atoms with Gasteiger partial charge in [-0.05, 0) is 34.7 Å². The summed E-state index contributed by atoms with van der Waals surface area (Å²) in [6.07, 6.45) is 6.27. The molecule has 0 bridgehead atoms. The highest BCUT2D eigenvalue weighted by Gasteiger charge is 2.23. The van der Waals surface area contributed by atoms with Gasteiger partial charge in [-0.2, -0.15) is 10.2 Å². The molecule has 106 valence electrons. The number of halogens is 1. The minimum Gasteiger partial charge on any atom is -0.382 e. The number of aromatic nitrogens is 5. The van der Waals surface area contributed by atoms with Gasteiger partial charge in [0, 0.05) is 19.5 Å². The maximum absolute atomic E-state index is 12.1. The number of H-pyrrole nitrogens is 1. The molecule has 2 N–H and O–H groups in total. The Bertz CT molecular complexity index is 634.